The van der Waals surface area contributed by atoms with Gasteiger partial charge in [0.05, 0.1) is 11.1 Å². The van der Waals surface area contributed by atoms with Crippen molar-refractivity contribution >= 4 is 16.8 Å². The zero-order chi connectivity index (χ0) is 16.8. The lowest BCUT2D eigenvalue weighted by Gasteiger charge is -2.38. The first-order valence-electron chi connectivity index (χ1n) is 8.69. The van der Waals surface area contributed by atoms with Crippen LogP contribution in [0.5, 0.6) is 0 Å². The number of nitrogens with zero attached hydrogens (tertiary/aromatic N) is 2. The molecular formula is C19H22FN3O. The van der Waals surface area contributed by atoms with Crippen LogP contribution in [0, 0.1) is 5.82 Å². The van der Waals surface area contributed by atoms with Crippen molar-refractivity contribution < 1.29 is 9.18 Å². The smallest absolute Gasteiger partial charge is 0.254 e. The van der Waals surface area contributed by atoms with Crippen LogP contribution in [-0.2, 0) is 0 Å². The van der Waals surface area contributed by atoms with Gasteiger partial charge in [-0.25, -0.2) is 4.39 Å². The Morgan fingerprint density at radius 2 is 2.08 bits per heavy atom. The SMILES string of the molecule is CC1NCCN(C(=O)c2cc(C3CC3)nc3ccc(F)cc23)C1C. The molecule has 1 saturated heterocycles. The molecule has 5 heteroatoms. The van der Waals surface area contributed by atoms with Gasteiger partial charge in [-0.1, -0.05) is 0 Å². The van der Waals surface area contributed by atoms with E-state index >= 15 is 0 Å². The lowest BCUT2D eigenvalue weighted by atomic mass is 10.0. The van der Waals surface area contributed by atoms with Gasteiger partial charge >= 0.3 is 0 Å². The molecule has 0 bridgehead atoms. The number of pyridine rings is 1. The Morgan fingerprint density at radius 1 is 1.29 bits per heavy atom. The van der Waals surface area contributed by atoms with Gasteiger partial charge in [0, 0.05) is 42.2 Å². The third-order valence-corrected chi connectivity index (χ3v) is 5.31. The number of benzene rings is 1. The van der Waals surface area contributed by atoms with Gasteiger partial charge in [0.25, 0.3) is 5.91 Å². The van der Waals surface area contributed by atoms with E-state index in [2.05, 4.69) is 24.1 Å². The predicted molar refractivity (Wildman–Crippen MR) is 91.6 cm³/mol. The highest BCUT2D eigenvalue weighted by Gasteiger charge is 2.32. The Kier molecular flexibility index (Phi) is 3.76. The maximum absolute atomic E-state index is 13.8. The van der Waals surface area contributed by atoms with Crippen molar-refractivity contribution in [3.05, 3.63) is 41.3 Å². The zero-order valence-electron chi connectivity index (χ0n) is 14.1. The summed E-state index contributed by atoms with van der Waals surface area (Å²) in [6.45, 7) is 5.59. The highest BCUT2D eigenvalue weighted by molar-refractivity contribution is 6.06. The highest BCUT2D eigenvalue weighted by atomic mass is 19.1. The van der Waals surface area contributed by atoms with Crippen molar-refractivity contribution in [3.8, 4) is 0 Å². The lowest BCUT2D eigenvalue weighted by Crippen LogP contribution is -2.57. The fraction of sp³-hybridized carbons (Fsp3) is 0.474. The topological polar surface area (TPSA) is 45.2 Å². The molecule has 2 unspecified atom stereocenters. The van der Waals surface area contributed by atoms with E-state index in [9.17, 15) is 9.18 Å². The molecule has 2 aliphatic rings. The van der Waals surface area contributed by atoms with Crippen LogP contribution in [0.1, 0.15) is 48.7 Å². The summed E-state index contributed by atoms with van der Waals surface area (Å²) in [5, 5.41) is 4.00. The number of hydrogen-bond donors (Lipinski definition) is 1. The minimum Gasteiger partial charge on any atom is -0.333 e. The first-order chi connectivity index (χ1) is 11.5. The van der Waals surface area contributed by atoms with Crippen LogP contribution in [0.15, 0.2) is 24.3 Å². The molecule has 24 heavy (non-hydrogen) atoms. The van der Waals surface area contributed by atoms with Crippen molar-refractivity contribution in [2.24, 2.45) is 0 Å². The molecule has 4 rings (SSSR count). The first kappa shape index (κ1) is 15.5. The predicted octanol–water partition coefficient (Wildman–Crippen LogP) is 3.07. The number of carbonyl (C=O) groups excluding carboxylic acids is 1. The van der Waals surface area contributed by atoms with Crippen molar-refractivity contribution in [1.82, 2.24) is 15.2 Å². The van der Waals surface area contributed by atoms with E-state index in [1.807, 2.05) is 11.0 Å². The summed E-state index contributed by atoms with van der Waals surface area (Å²) in [5.74, 6) is 0.0976. The monoisotopic (exact) mass is 327 g/mol. The quantitative estimate of drug-likeness (QED) is 0.922. The molecule has 2 atom stereocenters. The van der Waals surface area contributed by atoms with E-state index in [-0.39, 0.29) is 23.8 Å². The molecule has 2 heterocycles. The van der Waals surface area contributed by atoms with Gasteiger partial charge in [-0.05, 0) is 51.0 Å². The van der Waals surface area contributed by atoms with E-state index in [4.69, 9.17) is 0 Å². The maximum atomic E-state index is 13.8. The molecule has 1 aromatic heterocycles. The number of rotatable bonds is 2. The van der Waals surface area contributed by atoms with E-state index < -0.39 is 0 Å². The number of amides is 1. The molecule has 2 aromatic rings. The molecule has 2 fully saturated rings. The molecule has 126 valence electrons. The second-order valence-corrected chi connectivity index (χ2v) is 7.01. The Morgan fingerprint density at radius 3 is 2.83 bits per heavy atom. The number of carbonyl (C=O) groups is 1. The number of nitrogens with one attached hydrogen (secondary N) is 1. The average Bonchev–Trinajstić information content (AvgIpc) is 3.41. The Labute approximate surface area is 141 Å². The van der Waals surface area contributed by atoms with Crippen molar-refractivity contribution in [3.63, 3.8) is 0 Å². The Hall–Kier alpha value is -2.01. The van der Waals surface area contributed by atoms with Crippen LogP contribution in [0.2, 0.25) is 0 Å². The van der Waals surface area contributed by atoms with Gasteiger partial charge < -0.3 is 10.2 Å². The average molecular weight is 327 g/mol. The lowest BCUT2D eigenvalue weighted by molar-refractivity contribution is 0.0605. The van der Waals surface area contributed by atoms with E-state index in [1.54, 1.807) is 6.07 Å². The molecule has 4 nitrogen and oxygen atoms in total. The van der Waals surface area contributed by atoms with Crippen molar-refractivity contribution in [1.29, 1.82) is 0 Å². The first-order valence-corrected chi connectivity index (χ1v) is 8.69. The van der Waals surface area contributed by atoms with Gasteiger partial charge in [0.2, 0.25) is 0 Å². The number of halogens is 1. The summed E-state index contributed by atoms with van der Waals surface area (Å²) >= 11 is 0. The van der Waals surface area contributed by atoms with E-state index in [0.717, 1.165) is 25.1 Å². The third kappa shape index (κ3) is 2.67. The summed E-state index contributed by atoms with van der Waals surface area (Å²) in [5.41, 5.74) is 2.26. The highest BCUT2D eigenvalue weighted by Crippen LogP contribution is 2.40. The number of hydrogen-bond acceptors (Lipinski definition) is 3. The van der Waals surface area contributed by atoms with Gasteiger partial charge in [0.1, 0.15) is 5.82 Å². The van der Waals surface area contributed by atoms with Crippen molar-refractivity contribution in [2.75, 3.05) is 13.1 Å². The largest absolute Gasteiger partial charge is 0.333 e. The summed E-state index contributed by atoms with van der Waals surface area (Å²) < 4.78 is 13.8. The molecule has 1 aromatic carbocycles. The summed E-state index contributed by atoms with van der Waals surface area (Å²) in [6, 6.07) is 6.76. The van der Waals surface area contributed by atoms with Crippen LogP contribution in [0.25, 0.3) is 10.9 Å². The molecule has 1 N–H and O–H groups in total. The standard InChI is InChI=1S/C19H22FN3O/c1-11-12(2)23(8-7-21-11)19(24)16-10-18(13-3-4-13)22-17-6-5-14(20)9-15(16)17/h5-6,9-13,21H,3-4,7-8H2,1-2H3. The van der Waals surface area contributed by atoms with E-state index in [1.165, 1.54) is 12.1 Å². The summed E-state index contributed by atoms with van der Waals surface area (Å²) in [7, 11) is 0. The van der Waals surface area contributed by atoms with Gasteiger partial charge in [-0.3, -0.25) is 9.78 Å². The number of aromatic nitrogens is 1. The molecular weight excluding hydrogens is 305 g/mol. The van der Waals surface area contributed by atoms with Gasteiger partial charge in [0.15, 0.2) is 0 Å². The maximum Gasteiger partial charge on any atom is 0.254 e. The minimum absolute atomic E-state index is 0.0178. The Balaban J connectivity index is 1.81. The van der Waals surface area contributed by atoms with Crippen LogP contribution >= 0.6 is 0 Å². The van der Waals surface area contributed by atoms with Crippen molar-refractivity contribution in [2.45, 2.75) is 44.7 Å². The third-order valence-electron chi connectivity index (χ3n) is 5.31. The van der Waals surface area contributed by atoms with Crippen LogP contribution < -0.4 is 5.32 Å². The van der Waals surface area contributed by atoms with Gasteiger partial charge in [-0.2, -0.15) is 0 Å². The minimum atomic E-state index is -0.334. The Bertz CT molecular complexity index is 803. The normalized spacial score (nSPS) is 24.4. The van der Waals surface area contributed by atoms with Crippen LogP contribution in [0.4, 0.5) is 4.39 Å². The summed E-state index contributed by atoms with van der Waals surface area (Å²) in [6.07, 6.45) is 2.24. The van der Waals surface area contributed by atoms with E-state index in [0.29, 0.717) is 28.9 Å². The number of fused-ring (bicyclic) bond motifs is 1. The molecule has 1 amide bonds. The zero-order valence-corrected chi connectivity index (χ0v) is 14.1. The molecule has 1 aliphatic heterocycles. The molecule has 1 saturated carbocycles. The molecule has 0 radical (unpaired) electrons. The fourth-order valence-electron chi connectivity index (χ4n) is 3.48. The molecule has 0 spiro atoms. The van der Waals surface area contributed by atoms with Gasteiger partial charge in [-0.15, -0.1) is 0 Å². The van der Waals surface area contributed by atoms with Crippen LogP contribution in [-0.4, -0.2) is 41.0 Å². The second-order valence-electron chi connectivity index (χ2n) is 7.01. The second kappa shape index (κ2) is 5.81. The molecule has 1 aliphatic carbocycles. The number of piperazine rings is 1. The fourth-order valence-corrected chi connectivity index (χ4v) is 3.48. The summed E-state index contributed by atoms with van der Waals surface area (Å²) in [4.78, 5) is 19.8. The van der Waals surface area contributed by atoms with Crippen LogP contribution in [0.3, 0.4) is 0 Å².